The average molecular weight is 429 g/mol. The molecule has 0 fully saturated rings. The highest BCUT2D eigenvalue weighted by atomic mass is 15.3. The number of aromatic nitrogens is 1. The highest BCUT2D eigenvalue weighted by Gasteiger charge is 2.22. The number of fused-ring (bicyclic) bond motifs is 2. The molecular formula is C29H24N4. The molecule has 3 aromatic carbocycles. The fraction of sp³-hybridized carbons (Fsp3) is 0.0690. The van der Waals surface area contributed by atoms with Crippen molar-refractivity contribution in [3.8, 4) is 11.3 Å². The van der Waals surface area contributed by atoms with Crippen molar-refractivity contribution in [1.29, 1.82) is 0 Å². The molecule has 3 heterocycles. The van der Waals surface area contributed by atoms with E-state index < -0.39 is 0 Å². The number of nitrogens with zero attached hydrogens (tertiary/aromatic N) is 4. The first-order valence-corrected chi connectivity index (χ1v) is 11.1. The fourth-order valence-electron chi connectivity index (χ4n) is 4.50. The maximum absolute atomic E-state index is 4.57. The minimum Gasteiger partial charge on any atom is -0.361 e. The summed E-state index contributed by atoms with van der Waals surface area (Å²) in [5.41, 5.74) is 9.07. The molecule has 0 saturated carbocycles. The Morgan fingerprint density at radius 3 is 2.36 bits per heavy atom. The van der Waals surface area contributed by atoms with Crippen LogP contribution in [0.4, 0.5) is 22.7 Å². The van der Waals surface area contributed by atoms with E-state index in [-0.39, 0.29) is 0 Å². The van der Waals surface area contributed by atoms with Crippen LogP contribution in [0.3, 0.4) is 0 Å². The van der Waals surface area contributed by atoms with Gasteiger partial charge in [0.05, 0.1) is 23.7 Å². The first-order chi connectivity index (χ1) is 16.3. The van der Waals surface area contributed by atoms with Crippen molar-refractivity contribution in [2.45, 2.75) is 0 Å². The molecule has 33 heavy (non-hydrogen) atoms. The van der Waals surface area contributed by atoms with Crippen LogP contribution in [0.5, 0.6) is 0 Å². The summed E-state index contributed by atoms with van der Waals surface area (Å²) in [6.45, 7) is 0.848. The third kappa shape index (κ3) is 3.56. The molecule has 6 rings (SSSR count). The quantitative estimate of drug-likeness (QED) is 0.312. The number of benzene rings is 3. The first-order valence-electron chi connectivity index (χ1n) is 11.1. The van der Waals surface area contributed by atoms with Gasteiger partial charge in [-0.05, 0) is 53.6 Å². The van der Waals surface area contributed by atoms with E-state index in [2.05, 4.69) is 124 Å². The number of pyridine rings is 1. The molecule has 0 spiro atoms. The smallest absolute Gasteiger partial charge is 0.0938 e. The molecule has 4 nitrogen and oxygen atoms in total. The van der Waals surface area contributed by atoms with Crippen LogP contribution in [0.1, 0.15) is 11.1 Å². The van der Waals surface area contributed by atoms with Gasteiger partial charge in [-0.15, -0.1) is 0 Å². The normalized spacial score (nSPS) is 14.3. The van der Waals surface area contributed by atoms with E-state index >= 15 is 0 Å². The van der Waals surface area contributed by atoms with Crippen LogP contribution in [0.15, 0.2) is 104 Å². The lowest BCUT2D eigenvalue weighted by Gasteiger charge is -2.29. The molecule has 1 aromatic heterocycles. The molecule has 0 saturated heterocycles. The van der Waals surface area contributed by atoms with E-state index in [0.717, 1.165) is 35.0 Å². The van der Waals surface area contributed by atoms with Crippen molar-refractivity contribution in [2.24, 2.45) is 0 Å². The molecule has 0 radical (unpaired) electrons. The molecule has 160 valence electrons. The Morgan fingerprint density at radius 2 is 1.55 bits per heavy atom. The lowest BCUT2D eigenvalue weighted by Crippen LogP contribution is -2.22. The Kier molecular flexibility index (Phi) is 4.69. The van der Waals surface area contributed by atoms with Gasteiger partial charge in [0.2, 0.25) is 0 Å². The highest BCUT2D eigenvalue weighted by molar-refractivity contribution is 5.94. The zero-order chi connectivity index (χ0) is 22.2. The third-order valence-corrected chi connectivity index (χ3v) is 6.15. The van der Waals surface area contributed by atoms with Crippen molar-refractivity contribution in [2.75, 3.05) is 23.5 Å². The fourth-order valence-corrected chi connectivity index (χ4v) is 4.50. The van der Waals surface area contributed by atoms with Gasteiger partial charge in [0.25, 0.3) is 0 Å². The van der Waals surface area contributed by atoms with Crippen LogP contribution in [0, 0.1) is 0 Å². The monoisotopic (exact) mass is 428 g/mol. The molecule has 0 N–H and O–H groups in total. The molecule has 4 heteroatoms. The second-order valence-corrected chi connectivity index (χ2v) is 8.40. The lowest BCUT2D eigenvalue weighted by atomic mass is 10.1. The maximum atomic E-state index is 4.57. The van der Waals surface area contributed by atoms with Crippen LogP contribution >= 0.6 is 0 Å². The van der Waals surface area contributed by atoms with Crippen LogP contribution in [0.25, 0.3) is 23.4 Å². The maximum Gasteiger partial charge on any atom is 0.0938 e. The van der Waals surface area contributed by atoms with Crippen molar-refractivity contribution < 1.29 is 0 Å². The van der Waals surface area contributed by atoms with E-state index in [1.54, 1.807) is 0 Å². The minimum absolute atomic E-state index is 0.848. The molecule has 2 aliphatic rings. The zero-order valence-corrected chi connectivity index (χ0v) is 18.5. The summed E-state index contributed by atoms with van der Waals surface area (Å²) in [4.78, 5) is 11.4. The summed E-state index contributed by atoms with van der Waals surface area (Å²) in [7, 11) is 2.09. The predicted molar refractivity (Wildman–Crippen MR) is 138 cm³/mol. The Morgan fingerprint density at radius 1 is 0.697 bits per heavy atom. The van der Waals surface area contributed by atoms with Gasteiger partial charge >= 0.3 is 0 Å². The largest absolute Gasteiger partial charge is 0.361 e. The van der Waals surface area contributed by atoms with Crippen molar-refractivity contribution in [1.82, 2.24) is 9.88 Å². The number of hydrogen-bond acceptors (Lipinski definition) is 4. The standard InChI is InChI=1S/C29H24N4/c1-31-17-18-32(21-31)25-15-14-23-13-12-22-7-2-3-11-28(22)33(29(23)20-25)26-9-6-8-24(19-26)27-10-4-5-16-30-27/h2-20H,21H2,1H3. The van der Waals surface area contributed by atoms with Crippen LogP contribution in [-0.2, 0) is 0 Å². The molecule has 2 aliphatic heterocycles. The summed E-state index contributed by atoms with van der Waals surface area (Å²) in [5, 5.41) is 0. The van der Waals surface area contributed by atoms with Gasteiger partial charge in [0, 0.05) is 42.6 Å². The zero-order valence-electron chi connectivity index (χ0n) is 18.5. The third-order valence-electron chi connectivity index (χ3n) is 6.15. The van der Waals surface area contributed by atoms with Gasteiger partial charge in [-0.25, -0.2) is 0 Å². The Hall–Kier alpha value is -4.31. The van der Waals surface area contributed by atoms with Crippen molar-refractivity contribution in [3.05, 3.63) is 115 Å². The van der Waals surface area contributed by atoms with Crippen LogP contribution in [0.2, 0.25) is 0 Å². The number of para-hydroxylation sites is 1. The van der Waals surface area contributed by atoms with Crippen molar-refractivity contribution >= 4 is 34.9 Å². The number of hydrogen-bond donors (Lipinski definition) is 0. The van der Waals surface area contributed by atoms with Gasteiger partial charge < -0.3 is 14.7 Å². The summed E-state index contributed by atoms with van der Waals surface area (Å²) in [6, 6.07) is 29.9. The van der Waals surface area contributed by atoms with Gasteiger partial charge in [-0.3, -0.25) is 4.98 Å². The van der Waals surface area contributed by atoms with E-state index in [0.29, 0.717) is 0 Å². The summed E-state index contributed by atoms with van der Waals surface area (Å²) >= 11 is 0. The van der Waals surface area contributed by atoms with E-state index in [1.807, 2.05) is 18.3 Å². The van der Waals surface area contributed by atoms with Gasteiger partial charge in [0.15, 0.2) is 0 Å². The summed E-state index contributed by atoms with van der Waals surface area (Å²) < 4.78 is 0. The second-order valence-electron chi connectivity index (χ2n) is 8.40. The van der Waals surface area contributed by atoms with E-state index in [9.17, 15) is 0 Å². The Balaban J connectivity index is 1.53. The average Bonchev–Trinajstić information content (AvgIpc) is 3.23. The molecule has 0 atom stereocenters. The Labute approximate surface area is 194 Å². The van der Waals surface area contributed by atoms with Gasteiger partial charge in [-0.1, -0.05) is 54.6 Å². The highest BCUT2D eigenvalue weighted by Crippen LogP contribution is 2.44. The van der Waals surface area contributed by atoms with Crippen LogP contribution < -0.4 is 9.80 Å². The summed E-state index contributed by atoms with van der Waals surface area (Å²) in [6.07, 6.45) is 10.5. The Bertz CT molecular complexity index is 1370. The van der Waals surface area contributed by atoms with Crippen molar-refractivity contribution in [3.63, 3.8) is 0 Å². The number of rotatable bonds is 3. The predicted octanol–water partition coefficient (Wildman–Crippen LogP) is 6.88. The van der Waals surface area contributed by atoms with Gasteiger partial charge in [0.1, 0.15) is 0 Å². The SMILES string of the molecule is CN1C=CN(c2ccc3c(c2)N(c2cccc(-c4ccccn4)c2)c2ccccc2C=C3)C1. The molecule has 0 amide bonds. The number of anilines is 4. The molecule has 0 bridgehead atoms. The molecular weight excluding hydrogens is 404 g/mol. The van der Waals surface area contributed by atoms with E-state index in [4.69, 9.17) is 0 Å². The molecule has 0 aliphatic carbocycles. The minimum atomic E-state index is 0.848. The topological polar surface area (TPSA) is 22.6 Å². The van der Waals surface area contributed by atoms with Gasteiger partial charge in [-0.2, -0.15) is 0 Å². The molecule has 4 aromatic rings. The first kappa shape index (κ1) is 19.4. The molecule has 0 unspecified atom stereocenters. The van der Waals surface area contributed by atoms with E-state index in [1.165, 1.54) is 16.8 Å². The summed E-state index contributed by atoms with van der Waals surface area (Å²) in [5.74, 6) is 0. The second kappa shape index (κ2) is 7.99. The lowest BCUT2D eigenvalue weighted by molar-refractivity contribution is 0.496. The van der Waals surface area contributed by atoms with Crippen LogP contribution in [-0.4, -0.2) is 23.6 Å².